The second-order valence-electron chi connectivity index (χ2n) is 4.64. The van der Waals surface area contributed by atoms with Crippen LogP contribution in [-0.4, -0.2) is 11.1 Å². The molecule has 0 atom stereocenters. The number of carbonyl (C=O) groups is 1. The standard InChI is InChI=1S/C12H16.C3H6O2/c1-10-6-8-12(9-7-10)11-4-2-3-5-11;1-2-3(4)5/h6-9,11H,2-5H2,1H3;2H2,1H3,(H,4,5). The zero-order valence-electron chi connectivity index (χ0n) is 10.8. The highest BCUT2D eigenvalue weighted by Crippen LogP contribution is 2.33. The third-order valence-electron chi connectivity index (χ3n) is 3.21. The fourth-order valence-electron chi connectivity index (χ4n) is 2.10. The maximum atomic E-state index is 9.37. The lowest BCUT2D eigenvalue weighted by Gasteiger charge is -2.08. The van der Waals surface area contributed by atoms with E-state index in [1.807, 2.05) is 0 Å². The van der Waals surface area contributed by atoms with Crippen molar-refractivity contribution < 1.29 is 9.90 Å². The van der Waals surface area contributed by atoms with E-state index in [0.717, 1.165) is 5.92 Å². The van der Waals surface area contributed by atoms with E-state index >= 15 is 0 Å². The van der Waals surface area contributed by atoms with Crippen LogP contribution in [0.1, 0.15) is 56.1 Å². The van der Waals surface area contributed by atoms with Gasteiger partial charge < -0.3 is 5.11 Å². The number of carboxylic acid groups (broad SMARTS) is 1. The van der Waals surface area contributed by atoms with Gasteiger partial charge in [0.25, 0.3) is 0 Å². The molecule has 2 rings (SSSR count). The number of aliphatic carboxylic acids is 1. The van der Waals surface area contributed by atoms with Gasteiger partial charge in [-0.3, -0.25) is 4.79 Å². The maximum Gasteiger partial charge on any atom is 0.303 e. The highest BCUT2D eigenvalue weighted by atomic mass is 16.4. The molecule has 0 amide bonds. The van der Waals surface area contributed by atoms with Crippen molar-refractivity contribution >= 4 is 5.97 Å². The summed E-state index contributed by atoms with van der Waals surface area (Å²) in [7, 11) is 0. The van der Waals surface area contributed by atoms with Crippen molar-refractivity contribution in [3.8, 4) is 0 Å². The number of aryl methyl sites for hydroxylation is 1. The third-order valence-corrected chi connectivity index (χ3v) is 3.21. The lowest BCUT2D eigenvalue weighted by molar-refractivity contribution is -0.136. The molecule has 0 aliphatic heterocycles. The van der Waals surface area contributed by atoms with Crippen LogP contribution in [0.3, 0.4) is 0 Å². The molecule has 0 unspecified atom stereocenters. The van der Waals surface area contributed by atoms with Crippen LogP contribution in [0.5, 0.6) is 0 Å². The van der Waals surface area contributed by atoms with Crippen LogP contribution in [-0.2, 0) is 4.79 Å². The molecule has 1 saturated carbocycles. The summed E-state index contributed by atoms with van der Waals surface area (Å²) < 4.78 is 0. The predicted octanol–water partition coefficient (Wildman–Crippen LogP) is 4.13. The van der Waals surface area contributed by atoms with Gasteiger partial charge in [0, 0.05) is 6.42 Å². The van der Waals surface area contributed by atoms with Gasteiger partial charge in [0.1, 0.15) is 0 Å². The zero-order chi connectivity index (χ0) is 12.7. The summed E-state index contributed by atoms with van der Waals surface area (Å²) in [5, 5.41) is 7.72. The van der Waals surface area contributed by atoms with Gasteiger partial charge in [-0.15, -0.1) is 0 Å². The summed E-state index contributed by atoms with van der Waals surface area (Å²) in [6, 6.07) is 9.05. The average Bonchev–Trinajstić information content (AvgIpc) is 2.84. The Bertz CT molecular complexity index is 334. The van der Waals surface area contributed by atoms with Gasteiger partial charge in [0.2, 0.25) is 0 Å². The first-order chi connectivity index (χ1) is 8.13. The average molecular weight is 234 g/mol. The normalized spacial score (nSPS) is 15.2. The molecule has 2 nitrogen and oxygen atoms in total. The Morgan fingerprint density at radius 2 is 1.71 bits per heavy atom. The van der Waals surface area contributed by atoms with E-state index in [1.165, 1.54) is 31.2 Å². The van der Waals surface area contributed by atoms with Crippen molar-refractivity contribution in [3.05, 3.63) is 35.4 Å². The summed E-state index contributed by atoms with van der Waals surface area (Å²) in [6.45, 7) is 3.75. The second kappa shape index (κ2) is 7.10. The summed E-state index contributed by atoms with van der Waals surface area (Å²) in [4.78, 5) is 9.37. The fraction of sp³-hybridized carbons (Fsp3) is 0.533. The van der Waals surface area contributed by atoms with Crippen LogP contribution in [0.15, 0.2) is 24.3 Å². The van der Waals surface area contributed by atoms with Crippen molar-refractivity contribution in [1.82, 2.24) is 0 Å². The molecule has 0 bridgehead atoms. The Balaban J connectivity index is 0.000000249. The molecule has 1 fully saturated rings. The molecule has 0 spiro atoms. The van der Waals surface area contributed by atoms with Gasteiger partial charge in [-0.1, -0.05) is 49.6 Å². The second-order valence-corrected chi connectivity index (χ2v) is 4.64. The van der Waals surface area contributed by atoms with E-state index in [4.69, 9.17) is 5.11 Å². The van der Waals surface area contributed by atoms with Crippen LogP contribution in [0.2, 0.25) is 0 Å². The van der Waals surface area contributed by atoms with Gasteiger partial charge >= 0.3 is 5.97 Å². The van der Waals surface area contributed by atoms with E-state index < -0.39 is 5.97 Å². The quantitative estimate of drug-likeness (QED) is 0.835. The molecule has 2 heteroatoms. The lowest BCUT2D eigenvalue weighted by atomic mass is 9.97. The van der Waals surface area contributed by atoms with E-state index in [2.05, 4.69) is 31.2 Å². The molecule has 0 radical (unpaired) electrons. The Labute approximate surface area is 104 Å². The molecule has 0 saturated heterocycles. The first-order valence-electron chi connectivity index (χ1n) is 6.41. The predicted molar refractivity (Wildman–Crippen MR) is 70.3 cm³/mol. The number of hydrogen-bond donors (Lipinski definition) is 1. The van der Waals surface area contributed by atoms with Crippen LogP contribution < -0.4 is 0 Å². The number of rotatable bonds is 2. The van der Waals surface area contributed by atoms with Gasteiger partial charge in [0.15, 0.2) is 0 Å². The smallest absolute Gasteiger partial charge is 0.303 e. The molecule has 1 N–H and O–H groups in total. The van der Waals surface area contributed by atoms with E-state index in [9.17, 15) is 4.79 Å². The summed E-state index contributed by atoms with van der Waals surface area (Å²) in [5.74, 6) is 0.121. The maximum absolute atomic E-state index is 9.37. The van der Waals surface area contributed by atoms with Crippen molar-refractivity contribution in [1.29, 1.82) is 0 Å². The van der Waals surface area contributed by atoms with Crippen molar-refractivity contribution in [2.24, 2.45) is 0 Å². The van der Waals surface area contributed by atoms with E-state index in [-0.39, 0.29) is 6.42 Å². The number of benzene rings is 1. The minimum absolute atomic E-state index is 0.222. The molecule has 0 heterocycles. The topological polar surface area (TPSA) is 37.3 Å². The molecule has 17 heavy (non-hydrogen) atoms. The number of carboxylic acids is 1. The molecular formula is C15H22O2. The van der Waals surface area contributed by atoms with Crippen LogP contribution >= 0.6 is 0 Å². The van der Waals surface area contributed by atoms with Crippen LogP contribution in [0.4, 0.5) is 0 Å². The highest BCUT2D eigenvalue weighted by molar-refractivity contribution is 5.66. The lowest BCUT2D eigenvalue weighted by Crippen LogP contribution is -1.90. The minimum Gasteiger partial charge on any atom is -0.481 e. The van der Waals surface area contributed by atoms with Crippen molar-refractivity contribution in [2.75, 3.05) is 0 Å². The largest absolute Gasteiger partial charge is 0.481 e. The zero-order valence-corrected chi connectivity index (χ0v) is 10.8. The molecule has 1 aliphatic rings. The summed E-state index contributed by atoms with van der Waals surface area (Å²) in [6.07, 6.45) is 5.89. The summed E-state index contributed by atoms with van der Waals surface area (Å²) >= 11 is 0. The SMILES string of the molecule is CCC(=O)O.Cc1ccc(C2CCCC2)cc1. The van der Waals surface area contributed by atoms with Gasteiger partial charge in [-0.2, -0.15) is 0 Å². The Kier molecular flexibility index (Phi) is 5.75. The Morgan fingerprint density at radius 1 is 1.24 bits per heavy atom. The van der Waals surface area contributed by atoms with E-state index in [0.29, 0.717) is 0 Å². The molecule has 1 aromatic carbocycles. The van der Waals surface area contributed by atoms with Gasteiger partial charge in [-0.05, 0) is 31.2 Å². The molecule has 1 aromatic rings. The highest BCUT2D eigenvalue weighted by Gasteiger charge is 2.16. The van der Waals surface area contributed by atoms with Crippen molar-refractivity contribution in [3.63, 3.8) is 0 Å². The van der Waals surface area contributed by atoms with Gasteiger partial charge in [0.05, 0.1) is 0 Å². The minimum atomic E-state index is -0.745. The first kappa shape index (κ1) is 13.8. The molecule has 1 aliphatic carbocycles. The van der Waals surface area contributed by atoms with Crippen LogP contribution in [0.25, 0.3) is 0 Å². The first-order valence-corrected chi connectivity index (χ1v) is 6.41. The summed E-state index contributed by atoms with van der Waals surface area (Å²) in [5.41, 5.74) is 2.93. The fourth-order valence-corrected chi connectivity index (χ4v) is 2.10. The van der Waals surface area contributed by atoms with Crippen LogP contribution in [0, 0.1) is 6.92 Å². The monoisotopic (exact) mass is 234 g/mol. The molecule has 94 valence electrons. The van der Waals surface area contributed by atoms with E-state index in [1.54, 1.807) is 12.5 Å². The Morgan fingerprint density at radius 3 is 2.12 bits per heavy atom. The molecular weight excluding hydrogens is 212 g/mol. The Hall–Kier alpha value is -1.31. The molecule has 0 aromatic heterocycles. The third kappa shape index (κ3) is 5.03. The van der Waals surface area contributed by atoms with Crippen molar-refractivity contribution in [2.45, 2.75) is 51.9 Å². The van der Waals surface area contributed by atoms with Gasteiger partial charge in [-0.25, -0.2) is 0 Å². The number of hydrogen-bond acceptors (Lipinski definition) is 1.